The van der Waals surface area contributed by atoms with E-state index in [-0.39, 0.29) is 6.54 Å². The summed E-state index contributed by atoms with van der Waals surface area (Å²) in [6.07, 6.45) is 1.50. The molecule has 0 bridgehead atoms. The first kappa shape index (κ1) is 12.0. The van der Waals surface area contributed by atoms with Gasteiger partial charge in [0.1, 0.15) is 6.10 Å². The molecule has 90 valence electrons. The molecule has 0 radical (unpaired) electrons. The van der Waals surface area contributed by atoms with E-state index in [1.807, 2.05) is 6.92 Å². The lowest BCUT2D eigenvalue weighted by Crippen LogP contribution is -2.13. The molecule has 0 aromatic carbocycles. The molecule has 1 aliphatic heterocycles. The van der Waals surface area contributed by atoms with Crippen LogP contribution in [0.15, 0.2) is 0 Å². The predicted molar refractivity (Wildman–Crippen MR) is 63.7 cm³/mol. The zero-order valence-corrected chi connectivity index (χ0v) is 10.3. The number of aliphatic hydroxyl groups excluding tert-OH is 1. The minimum absolute atomic E-state index is 0.260. The quantitative estimate of drug-likeness (QED) is 0.839. The van der Waals surface area contributed by atoms with Crippen LogP contribution in [0.3, 0.4) is 0 Å². The monoisotopic (exact) mass is 242 g/mol. The van der Waals surface area contributed by atoms with Crippen molar-refractivity contribution < 1.29 is 9.84 Å². The third kappa shape index (κ3) is 2.43. The molecule has 1 aromatic heterocycles. The number of rotatable bonds is 3. The molecular formula is C11H18N2O2S. The number of ether oxygens (including phenoxy) is 1. The zero-order valence-electron chi connectivity index (χ0n) is 9.48. The summed E-state index contributed by atoms with van der Waals surface area (Å²) in [4.78, 5) is 5.47. The van der Waals surface area contributed by atoms with Gasteiger partial charge in [0, 0.05) is 25.7 Å². The Morgan fingerprint density at radius 2 is 2.25 bits per heavy atom. The predicted octanol–water partition coefficient (Wildman–Crippen LogP) is 1.34. The molecule has 1 saturated heterocycles. The van der Waals surface area contributed by atoms with Crippen LogP contribution in [-0.4, -0.2) is 29.8 Å². The van der Waals surface area contributed by atoms with Crippen LogP contribution in [0.4, 0.5) is 0 Å². The number of hydrogen-bond acceptors (Lipinski definition) is 5. The minimum Gasteiger partial charge on any atom is -0.386 e. The molecule has 1 unspecified atom stereocenters. The maximum absolute atomic E-state index is 9.74. The summed E-state index contributed by atoms with van der Waals surface area (Å²) in [7, 11) is 0. The summed E-state index contributed by atoms with van der Waals surface area (Å²) >= 11 is 1.60. The van der Waals surface area contributed by atoms with Crippen molar-refractivity contribution in [1.82, 2.24) is 4.98 Å². The molecule has 1 atom stereocenters. The summed E-state index contributed by atoms with van der Waals surface area (Å²) in [5.74, 6) is 0.496. The molecule has 16 heavy (non-hydrogen) atoms. The van der Waals surface area contributed by atoms with Crippen LogP contribution in [0.5, 0.6) is 0 Å². The Bertz CT molecular complexity index is 348. The van der Waals surface area contributed by atoms with Crippen LogP contribution in [0.2, 0.25) is 0 Å². The number of aliphatic hydroxyl groups is 1. The molecule has 0 saturated carbocycles. The fourth-order valence-corrected chi connectivity index (χ4v) is 3.20. The third-order valence-electron chi connectivity index (χ3n) is 2.95. The van der Waals surface area contributed by atoms with Gasteiger partial charge in [0.25, 0.3) is 0 Å². The van der Waals surface area contributed by atoms with Crippen molar-refractivity contribution in [2.45, 2.75) is 31.8 Å². The number of nitrogens with two attached hydrogens (primary N) is 1. The third-order valence-corrected chi connectivity index (χ3v) is 4.37. The van der Waals surface area contributed by atoms with Crippen LogP contribution in [-0.2, 0) is 4.74 Å². The van der Waals surface area contributed by atoms with Crippen molar-refractivity contribution >= 4 is 11.3 Å². The largest absolute Gasteiger partial charge is 0.386 e. The van der Waals surface area contributed by atoms with Crippen molar-refractivity contribution in [3.8, 4) is 0 Å². The summed E-state index contributed by atoms with van der Waals surface area (Å²) in [5, 5.41) is 10.9. The molecule has 0 spiro atoms. The van der Waals surface area contributed by atoms with E-state index in [1.165, 1.54) is 0 Å². The van der Waals surface area contributed by atoms with Gasteiger partial charge >= 0.3 is 0 Å². The number of hydrogen-bond donors (Lipinski definition) is 2. The summed E-state index contributed by atoms with van der Waals surface area (Å²) in [6.45, 7) is 3.83. The highest BCUT2D eigenvalue weighted by molar-refractivity contribution is 7.11. The van der Waals surface area contributed by atoms with Crippen LogP contribution in [0.25, 0.3) is 0 Å². The van der Waals surface area contributed by atoms with Gasteiger partial charge in [-0.05, 0) is 19.8 Å². The van der Waals surface area contributed by atoms with Crippen molar-refractivity contribution in [2.24, 2.45) is 5.73 Å². The Kier molecular flexibility index (Phi) is 3.91. The van der Waals surface area contributed by atoms with Gasteiger partial charge < -0.3 is 15.6 Å². The molecule has 0 amide bonds. The Morgan fingerprint density at radius 3 is 2.88 bits per heavy atom. The van der Waals surface area contributed by atoms with Gasteiger partial charge in [0.15, 0.2) is 0 Å². The number of thiazole rings is 1. The average Bonchev–Trinajstić information content (AvgIpc) is 2.71. The second-order valence-electron chi connectivity index (χ2n) is 4.14. The number of aromatic nitrogens is 1. The van der Waals surface area contributed by atoms with Crippen LogP contribution in [0, 0.1) is 6.92 Å². The summed E-state index contributed by atoms with van der Waals surface area (Å²) in [5.41, 5.74) is 6.39. The van der Waals surface area contributed by atoms with Crippen LogP contribution < -0.4 is 5.73 Å². The van der Waals surface area contributed by atoms with E-state index in [2.05, 4.69) is 4.98 Å². The van der Waals surface area contributed by atoms with E-state index < -0.39 is 6.10 Å². The average molecular weight is 242 g/mol. The van der Waals surface area contributed by atoms with Gasteiger partial charge in [-0.3, -0.25) is 0 Å². The van der Waals surface area contributed by atoms with Gasteiger partial charge in [-0.25, -0.2) is 4.98 Å². The van der Waals surface area contributed by atoms with Gasteiger partial charge in [0.2, 0.25) is 0 Å². The zero-order chi connectivity index (χ0) is 11.5. The fraction of sp³-hybridized carbons (Fsp3) is 0.727. The van der Waals surface area contributed by atoms with Crippen LogP contribution in [0.1, 0.15) is 40.4 Å². The van der Waals surface area contributed by atoms with E-state index in [1.54, 1.807) is 11.3 Å². The van der Waals surface area contributed by atoms with Gasteiger partial charge in [-0.1, -0.05) is 0 Å². The Balaban J connectivity index is 2.16. The van der Waals surface area contributed by atoms with E-state index in [4.69, 9.17) is 10.5 Å². The molecular weight excluding hydrogens is 224 g/mol. The lowest BCUT2D eigenvalue weighted by Gasteiger charge is -2.19. The normalized spacial score (nSPS) is 19.9. The Hall–Kier alpha value is -0.490. The van der Waals surface area contributed by atoms with E-state index in [9.17, 15) is 5.11 Å². The maximum atomic E-state index is 9.74. The fourth-order valence-electron chi connectivity index (χ4n) is 1.97. The lowest BCUT2D eigenvalue weighted by molar-refractivity contribution is 0.0852. The van der Waals surface area contributed by atoms with E-state index >= 15 is 0 Å². The van der Waals surface area contributed by atoms with Crippen molar-refractivity contribution in [2.75, 3.05) is 19.8 Å². The molecule has 5 heteroatoms. The highest BCUT2D eigenvalue weighted by Crippen LogP contribution is 2.33. The highest BCUT2D eigenvalue weighted by atomic mass is 32.1. The first-order valence-corrected chi connectivity index (χ1v) is 6.47. The Morgan fingerprint density at radius 1 is 1.56 bits per heavy atom. The lowest BCUT2D eigenvalue weighted by atomic mass is 10.0. The maximum Gasteiger partial charge on any atom is 0.102 e. The second kappa shape index (κ2) is 5.23. The van der Waals surface area contributed by atoms with E-state index in [0.29, 0.717) is 5.92 Å². The number of aryl methyl sites for hydroxylation is 1. The standard InChI is InChI=1S/C11H18N2O2S/c1-7-10(9(14)6-12)16-11(13-7)8-2-4-15-5-3-8/h8-9,14H,2-6,12H2,1H3. The first-order chi connectivity index (χ1) is 7.72. The number of nitrogens with zero attached hydrogens (tertiary/aromatic N) is 1. The molecule has 2 heterocycles. The summed E-state index contributed by atoms with van der Waals surface area (Å²) in [6, 6.07) is 0. The topological polar surface area (TPSA) is 68.4 Å². The second-order valence-corrected chi connectivity index (χ2v) is 5.20. The highest BCUT2D eigenvalue weighted by Gasteiger charge is 2.22. The van der Waals surface area contributed by atoms with Gasteiger partial charge in [-0.15, -0.1) is 11.3 Å². The van der Waals surface area contributed by atoms with Crippen molar-refractivity contribution in [3.63, 3.8) is 0 Å². The van der Waals surface area contributed by atoms with Crippen LogP contribution >= 0.6 is 11.3 Å². The van der Waals surface area contributed by atoms with Crippen molar-refractivity contribution in [1.29, 1.82) is 0 Å². The van der Waals surface area contributed by atoms with Gasteiger partial charge in [-0.2, -0.15) is 0 Å². The molecule has 0 aliphatic carbocycles. The Labute approximate surface area is 99.5 Å². The molecule has 2 rings (SSSR count). The summed E-state index contributed by atoms with van der Waals surface area (Å²) < 4.78 is 5.33. The van der Waals surface area contributed by atoms with Crippen molar-refractivity contribution in [3.05, 3.63) is 15.6 Å². The van der Waals surface area contributed by atoms with E-state index in [0.717, 1.165) is 41.6 Å². The first-order valence-electron chi connectivity index (χ1n) is 5.65. The SMILES string of the molecule is Cc1nc(C2CCOCC2)sc1C(O)CN. The van der Waals surface area contributed by atoms with Gasteiger partial charge in [0.05, 0.1) is 15.6 Å². The molecule has 1 fully saturated rings. The molecule has 1 aromatic rings. The molecule has 4 nitrogen and oxygen atoms in total. The smallest absolute Gasteiger partial charge is 0.102 e. The molecule has 1 aliphatic rings. The minimum atomic E-state index is -0.564. The molecule has 3 N–H and O–H groups in total.